The second kappa shape index (κ2) is 2.94. The highest BCUT2D eigenvalue weighted by atomic mass is 16.2. The Hall–Kier alpha value is -0.610. The fraction of sp³-hybridized carbons (Fsp3) is 0.900. The molecule has 0 bridgehead atoms. The van der Waals surface area contributed by atoms with Crippen LogP contribution in [0.15, 0.2) is 0 Å². The number of amides is 1. The molecular weight excluding hydrogens is 178 g/mol. The van der Waals surface area contributed by atoms with Gasteiger partial charge < -0.3 is 5.32 Å². The van der Waals surface area contributed by atoms with Gasteiger partial charge in [0.15, 0.2) is 0 Å². The average Bonchev–Trinajstić information content (AvgIpc) is 2.86. The van der Waals surface area contributed by atoms with E-state index in [1.807, 2.05) is 5.01 Å². The summed E-state index contributed by atoms with van der Waals surface area (Å²) >= 11 is 0. The minimum atomic E-state index is 0.196. The maximum Gasteiger partial charge on any atom is 0.238 e. The zero-order valence-corrected chi connectivity index (χ0v) is 8.38. The van der Waals surface area contributed by atoms with E-state index in [2.05, 4.69) is 10.7 Å². The fourth-order valence-corrected chi connectivity index (χ4v) is 2.53. The first kappa shape index (κ1) is 8.68. The lowest BCUT2D eigenvalue weighted by Gasteiger charge is -2.31. The van der Waals surface area contributed by atoms with E-state index in [-0.39, 0.29) is 5.54 Å². The molecule has 0 radical (unpaired) electrons. The molecule has 1 aliphatic carbocycles. The minimum absolute atomic E-state index is 0.196. The van der Waals surface area contributed by atoms with E-state index in [0.29, 0.717) is 11.9 Å². The van der Waals surface area contributed by atoms with E-state index >= 15 is 0 Å². The second-order valence-corrected chi connectivity index (χ2v) is 4.81. The summed E-state index contributed by atoms with van der Waals surface area (Å²) in [5, 5.41) is 5.25. The Morgan fingerprint density at radius 3 is 2.57 bits per heavy atom. The number of hydrogen-bond acceptors (Lipinski definition) is 3. The molecule has 3 aliphatic rings. The predicted molar refractivity (Wildman–Crippen MR) is 52.5 cm³/mol. The third-order valence-electron chi connectivity index (χ3n) is 3.64. The largest absolute Gasteiger partial charge is 0.317 e. The van der Waals surface area contributed by atoms with Gasteiger partial charge in [-0.3, -0.25) is 9.80 Å². The fourth-order valence-electron chi connectivity index (χ4n) is 2.53. The third-order valence-corrected chi connectivity index (χ3v) is 3.64. The van der Waals surface area contributed by atoms with Crippen LogP contribution in [0.4, 0.5) is 0 Å². The molecule has 0 aromatic rings. The van der Waals surface area contributed by atoms with Crippen molar-refractivity contribution in [1.82, 2.24) is 15.8 Å². The zero-order valence-electron chi connectivity index (χ0n) is 8.38. The molecule has 0 unspecified atom stereocenters. The molecular formula is C10H17N3O. The SMILES string of the molecule is O=C1CC2(CC2)NN1C1CCNCC1. The lowest BCUT2D eigenvalue weighted by molar-refractivity contribution is -0.132. The molecule has 0 aromatic heterocycles. The van der Waals surface area contributed by atoms with Crippen molar-refractivity contribution in [2.24, 2.45) is 0 Å². The molecule has 3 fully saturated rings. The van der Waals surface area contributed by atoms with Crippen molar-refractivity contribution in [2.75, 3.05) is 13.1 Å². The first-order valence-electron chi connectivity index (χ1n) is 5.60. The summed E-state index contributed by atoms with van der Waals surface area (Å²) < 4.78 is 0. The van der Waals surface area contributed by atoms with Crippen molar-refractivity contribution in [3.63, 3.8) is 0 Å². The van der Waals surface area contributed by atoms with Gasteiger partial charge >= 0.3 is 0 Å². The Labute approximate surface area is 84.0 Å². The Bertz CT molecular complexity index is 256. The summed E-state index contributed by atoms with van der Waals surface area (Å²) in [4.78, 5) is 11.8. The standard InChI is InChI=1S/C10H17N3O/c14-9-7-10(3-4-10)12-13(9)8-1-5-11-6-2-8/h8,11-12H,1-7H2. The molecule has 1 amide bonds. The summed E-state index contributed by atoms with van der Waals surface area (Å²) in [6.07, 6.45) is 5.28. The summed E-state index contributed by atoms with van der Waals surface area (Å²) in [6.45, 7) is 2.09. The van der Waals surface area contributed by atoms with Crippen molar-refractivity contribution in [3.8, 4) is 0 Å². The Kier molecular flexibility index (Phi) is 1.82. The van der Waals surface area contributed by atoms with Crippen molar-refractivity contribution in [1.29, 1.82) is 0 Å². The lowest BCUT2D eigenvalue weighted by atomic mass is 10.1. The highest BCUT2D eigenvalue weighted by Gasteiger charge is 2.52. The van der Waals surface area contributed by atoms with E-state index < -0.39 is 0 Å². The molecule has 2 N–H and O–H groups in total. The summed E-state index contributed by atoms with van der Waals surface area (Å²) in [6, 6.07) is 0.434. The van der Waals surface area contributed by atoms with Crippen molar-refractivity contribution >= 4 is 5.91 Å². The highest BCUT2D eigenvalue weighted by molar-refractivity contribution is 5.80. The number of carbonyl (C=O) groups excluding carboxylic acids is 1. The van der Waals surface area contributed by atoms with E-state index in [0.717, 1.165) is 32.4 Å². The minimum Gasteiger partial charge on any atom is -0.317 e. The Balaban J connectivity index is 1.69. The van der Waals surface area contributed by atoms with Gasteiger partial charge in [0.1, 0.15) is 0 Å². The molecule has 4 nitrogen and oxygen atoms in total. The molecule has 1 saturated carbocycles. The van der Waals surface area contributed by atoms with E-state index in [9.17, 15) is 4.79 Å². The smallest absolute Gasteiger partial charge is 0.238 e. The maximum atomic E-state index is 11.8. The van der Waals surface area contributed by atoms with Gasteiger partial charge in [-0.1, -0.05) is 0 Å². The van der Waals surface area contributed by atoms with Crippen LogP contribution >= 0.6 is 0 Å². The lowest BCUT2D eigenvalue weighted by Crippen LogP contribution is -2.49. The number of nitrogens with one attached hydrogen (secondary N) is 2. The predicted octanol–water partition coefficient (Wildman–Crippen LogP) is 0.00790. The van der Waals surface area contributed by atoms with Crippen LogP contribution in [0.1, 0.15) is 32.1 Å². The van der Waals surface area contributed by atoms with Crippen LogP contribution < -0.4 is 10.7 Å². The van der Waals surface area contributed by atoms with Crippen LogP contribution in [0.2, 0.25) is 0 Å². The number of carbonyl (C=O) groups is 1. The van der Waals surface area contributed by atoms with Crippen LogP contribution in [-0.4, -0.2) is 35.6 Å². The van der Waals surface area contributed by atoms with E-state index in [1.54, 1.807) is 0 Å². The van der Waals surface area contributed by atoms with Gasteiger partial charge in [0, 0.05) is 12.0 Å². The van der Waals surface area contributed by atoms with Gasteiger partial charge in [-0.05, 0) is 38.8 Å². The van der Waals surface area contributed by atoms with Crippen LogP contribution in [0.5, 0.6) is 0 Å². The van der Waals surface area contributed by atoms with Gasteiger partial charge in [-0.2, -0.15) is 0 Å². The number of nitrogens with zero attached hydrogens (tertiary/aromatic N) is 1. The van der Waals surface area contributed by atoms with Crippen LogP contribution in [0, 0.1) is 0 Å². The summed E-state index contributed by atoms with van der Waals surface area (Å²) in [5.41, 5.74) is 3.61. The molecule has 78 valence electrons. The number of rotatable bonds is 1. The topological polar surface area (TPSA) is 44.4 Å². The molecule has 4 heteroatoms. The second-order valence-electron chi connectivity index (χ2n) is 4.81. The molecule has 3 rings (SSSR count). The van der Waals surface area contributed by atoms with E-state index in [1.165, 1.54) is 12.8 Å². The number of hydrazine groups is 1. The van der Waals surface area contributed by atoms with Crippen molar-refractivity contribution in [3.05, 3.63) is 0 Å². The van der Waals surface area contributed by atoms with Crippen LogP contribution in [0.3, 0.4) is 0 Å². The third kappa shape index (κ3) is 1.33. The van der Waals surface area contributed by atoms with Gasteiger partial charge in [0.05, 0.1) is 6.04 Å². The molecule has 1 spiro atoms. The van der Waals surface area contributed by atoms with Crippen LogP contribution in [0.25, 0.3) is 0 Å². The monoisotopic (exact) mass is 195 g/mol. The summed E-state index contributed by atoms with van der Waals surface area (Å²) in [5.74, 6) is 0.314. The maximum absolute atomic E-state index is 11.8. The molecule has 2 heterocycles. The Morgan fingerprint density at radius 1 is 1.29 bits per heavy atom. The van der Waals surface area contributed by atoms with Gasteiger partial charge in [0.25, 0.3) is 0 Å². The Morgan fingerprint density at radius 2 is 2.00 bits per heavy atom. The average molecular weight is 195 g/mol. The number of piperidine rings is 1. The van der Waals surface area contributed by atoms with Crippen molar-refractivity contribution in [2.45, 2.75) is 43.7 Å². The van der Waals surface area contributed by atoms with Gasteiger partial charge in [-0.25, -0.2) is 5.43 Å². The molecule has 2 saturated heterocycles. The first-order valence-corrected chi connectivity index (χ1v) is 5.60. The van der Waals surface area contributed by atoms with Gasteiger partial charge in [-0.15, -0.1) is 0 Å². The molecule has 2 aliphatic heterocycles. The summed E-state index contributed by atoms with van der Waals surface area (Å²) in [7, 11) is 0. The van der Waals surface area contributed by atoms with E-state index in [4.69, 9.17) is 0 Å². The quantitative estimate of drug-likeness (QED) is 0.619. The van der Waals surface area contributed by atoms with Crippen molar-refractivity contribution < 1.29 is 4.79 Å². The molecule has 0 atom stereocenters. The molecule has 14 heavy (non-hydrogen) atoms. The molecule has 0 aromatic carbocycles. The van der Waals surface area contributed by atoms with Gasteiger partial charge in [0.2, 0.25) is 5.91 Å². The number of hydrogen-bond donors (Lipinski definition) is 2. The zero-order chi connectivity index (χ0) is 9.60. The normalized spacial score (nSPS) is 31.4. The highest BCUT2D eigenvalue weighted by Crippen LogP contribution is 2.43. The first-order chi connectivity index (χ1) is 6.79. The van der Waals surface area contributed by atoms with Crippen LogP contribution in [-0.2, 0) is 4.79 Å².